The average molecular weight is 390 g/mol. The third kappa shape index (κ3) is 6.13. The molecule has 8 nitrogen and oxygen atoms in total. The summed E-state index contributed by atoms with van der Waals surface area (Å²) in [5.74, 6) is 6.51. The van der Waals surface area contributed by atoms with E-state index in [0.29, 0.717) is 29.4 Å². The monoisotopic (exact) mass is 389 g/mol. The van der Waals surface area contributed by atoms with Gasteiger partial charge in [0.2, 0.25) is 0 Å². The van der Waals surface area contributed by atoms with Crippen LogP contribution in [-0.2, 0) is 32.5 Å². The summed E-state index contributed by atoms with van der Waals surface area (Å²) in [5.41, 5.74) is 12.6. The first-order chi connectivity index (χ1) is 13.6. The number of nitrogens with two attached hydrogens (primary N) is 2. The molecular formula is C20H31N5O3. The molecule has 2 heterocycles. The molecule has 0 unspecified atom stereocenters. The minimum Gasteiger partial charge on any atom is -0.396 e. The molecule has 28 heavy (non-hydrogen) atoms. The number of unbranched alkanes of at least 4 members (excludes halogenated alkanes) is 3. The molecule has 0 aromatic carbocycles. The summed E-state index contributed by atoms with van der Waals surface area (Å²) in [6.07, 6.45) is 6.27. The Balaban J connectivity index is 1.81. The Hall–Kier alpha value is -2.26. The Morgan fingerprint density at radius 2 is 1.54 bits per heavy atom. The predicted molar refractivity (Wildman–Crippen MR) is 109 cm³/mol. The SMILES string of the molecule is NNc1nc(CO)ccc1CCCCCCc1cc(CCO)c(N)nc1CO. The maximum atomic E-state index is 9.51. The quantitative estimate of drug-likeness (QED) is 0.180. The zero-order valence-electron chi connectivity index (χ0n) is 16.2. The van der Waals surface area contributed by atoms with Crippen molar-refractivity contribution in [2.75, 3.05) is 17.8 Å². The summed E-state index contributed by atoms with van der Waals surface area (Å²) in [6, 6.07) is 5.71. The zero-order valence-corrected chi connectivity index (χ0v) is 16.2. The number of anilines is 2. The standard InChI is InChI=1S/C20H31N5O3/c21-19-16(9-10-26)11-15(18(13-28)24-19)6-4-2-1-3-5-14-7-8-17(12-27)23-20(14)25-22/h7-8,11,26-28H,1-6,9-10,12-13,22H2,(H2,21,24)(H,23,25). The lowest BCUT2D eigenvalue weighted by Gasteiger charge is -2.12. The average Bonchev–Trinajstić information content (AvgIpc) is 2.72. The Morgan fingerprint density at radius 1 is 0.821 bits per heavy atom. The van der Waals surface area contributed by atoms with E-state index < -0.39 is 0 Å². The molecule has 8 heteroatoms. The minimum absolute atomic E-state index is 0.0254. The van der Waals surface area contributed by atoms with E-state index in [0.717, 1.165) is 55.2 Å². The lowest BCUT2D eigenvalue weighted by atomic mass is 10.0. The molecule has 0 aliphatic carbocycles. The first-order valence-corrected chi connectivity index (χ1v) is 9.68. The number of hydrazine groups is 1. The lowest BCUT2D eigenvalue weighted by molar-refractivity contribution is 0.275. The molecule has 154 valence electrons. The van der Waals surface area contributed by atoms with Crippen molar-refractivity contribution in [3.05, 3.63) is 46.3 Å². The molecule has 2 aromatic rings. The van der Waals surface area contributed by atoms with E-state index in [-0.39, 0.29) is 19.8 Å². The van der Waals surface area contributed by atoms with Crippen LogP contribution in [0.5, 0.6) is 0 Å². The van der Waals surface area contributed by atoms with Gasteiger partial charge in [-0.2, -0.15) is 0 Å². The summed E-state index contributed by atoms with van der Waals surface area (Å²) < 4.78 is 0. The van der Waals surface area contributed by atoms with Crippen LogP contribution >= 0.6 is 0 Å². The van der Waals surface area contributed by atoms with Crippen molar-refractivity contribution in [2.45, 2.75) is 58.2 Å². The molecule has 0 bridgehead atoms. The fourth-order valence-electron chi connectivity index (χ4n) is 3.26. The number of hydrogen-bond donors (Lipinski definition) is 6. The van der Waals surface area contributed by atoms with E-state index in [4.69, 9.17) is 21.8 Å². The maximum Gasteiger partial charge on any atom is 0.143 e. The van der Waals surface area contributed by atoms with Gasteiger partial charge in [-0.25, -0.2) is 15.8 Å². The first-order valence-electron chi connectivity index (χ1n) is 9.68. The van der Waals surface area contributed by atoms with Crippen molar-refractivity contribution in [3.63, 3.8) is 0 Å². The fourth-order valence-corrected chi connectivity index (χ4v) is 3.26. The van der Waals surface area contributed by atoms with Gasteiger partial charge in [0, 0.05) is 6.61 Å². The van der Waals surface area contributed by atoms with Crippen LogP contribution in [-0.4, -0.2) is 31.9 Å². The number of hydrogen-bond acceptors (Lipinski definition) is 8. The molecule has 0 saturated carbocycles. The third-order valence-electron chi connectivity index (χ3n) is 4.81. The first kappa shape index (κ1) is 22.0. The van der Waals surface area contributed by atoms with Crippen LogP contribution in [0.3, 0.4) is 0 Å². The number of aromatic nitrogens is 2. The molecule has 0 aliphatic heterocycles. The highest BCUT2D eigenvalue weighted by Gasteiger charge is 2.09. The molecule has 0 saturated heterocycles. The Morgan fingerprint density at radius 3 is 2.14 bits per heavy atom. The molecule has 2 rings (SSSR count). The van der Waals surface area contributed by atoms with Crippen molar-refractivity contribution >= 4 is 11.6 Å². The van der Waals surface area contributed by atoms with Crippen molar-refractivity contribution in [1.29, 1.82) is 0 Å². The van der Waals surface area contributed by atoms with Crippen LogP contribution in [0.25, 0.3) is 0 Å². The molecule has 0 aliphatic rings. The Kier molecular flexibility index (Phi) is 9.09. The van der Waals surface area contributed by atoms with Gasteiger partial charge in [-0.05, 0) is 54.9 Å². The van der Waals surface area contributed by atoms with E-state index in [9.17, 15) is 5.11 Å². The van der Waals surface area contributed by atoms with Crippen molar-refractivity contribution < 1.29 is 15.3 Å². The summed E-state index contributed by atoms with van der Waals surface area (Å²) in [4.78, 5) is 8.54. The van der Waals surface area contributed by atoms with Crippen LogP contribution in [0.2, 0.25) is 0 Å². The number of nitrogens with zero attached hydrogens (tertiary/aromatic N) is 2. The number of nitrogen functional groups attached to an aromatic ring is 2. The highest BCUT2D eigenvalue weighted by Crippen LogP contribution is 2.20. The van der Waals surface area contributed by atoms with E-state index in [2.05, 4.69) is 15.4 Å². The normalized spacial score (nSPS) is 11.0. The number of aryl methyl sites for hydroxylation is 2. The van der Waals surface area contributed by atoms with Gasteiger partial charge in [0.15, 0.2) is 0 Å². The zero-order chi connectivity index (χ0) is 20.4. The van der Waals surface area contributed by atoms with Crippen molar-refractivity contribution in [3.8, 4) is 0 Å². The molecule has 0 radical (unpaired) electrons. The Labute approximate surface area is 165 Å². The summed E-state index contributed by atoms with van der Waals surface area (Å²) in [7, 11) is 0. The van der Waals surface area contributed by atoms with Crippen molar-refractivity contribution in [2.24, 2.45) is 5.84 Å². The smallest absolute Gasteiger partial charge is 0.143 e. The van der Waals surface area contributed by atoms with Crippen LogP contribution in [0.15, 0.2) is 18.2 Å². The topological polar surface area (TPSA) is 151 Å². The lowest BCUT2D eigenvalue weighted by Crippen LogP contribution is -2.12. The predicted octanol–water partition coefficient (Wildman–Crippen LogP) is 1.21. The van der Waals surface area contributed by atoms with Crippen LogP contribution in [0.4, 0.5) is 11.6 Å². The van der Waals surface area contributed by atoms with Gasteiger partial charge in [0.25, 0.3) is 0 Å². The number of rotatable bonds is 12. The molecule has 0 amide bonds. The third-order valence-corrected chi connectivity index (χ3v) is 4.81. The van der Waals surface area contributed by atoms with Gasteiger partial charge in [0.05, 0.1) is 24.6 Å². The van der Waals surface area contributed by atoms with Crippen molar-refractivity contribution in [1.82, 2.24) is 9.97 Å². The number of aliphatic hydroxyl groups excluding tert-OH is 3. The Bertz CT molecular complexity index is 755. The number of nitrogens with one attached hydrogen (secondary N) is 1. The van der Waals surface area contributed by atoms with Crippen LogP contribution in [0, 0.1) is 0 Å². The number of pyridine rings is 2. The maximum absolute atomic E-state index is 9.51. The van der Waals surface area contributed by atoms with Gasteiger partial charge in [-0.3, -0.25) is 0 Å². The van der Waals surface area contributed by atoms with Gasteiger partial charge in [-0.15, -0.1) is 0 Å². The van der Waals surface area contributed by atoms with Gasteiger partial charge >= 0.3 is 0 Å². The van der Waals surface area contributed by atoms with Crippen LogP contribution in [0.1, 0.15) is 53.8 Å². The highest BCUT2D eigenvalue weighted by molar-refractivity contribution is 5.44. The van der Waals surface area contributed by atoms with Gasteiger partial charge in [0.1, 0.15) is 11.6 Å². The fraction of sp³-hybridized carbons (Fsp3) is 0.500. The summed E-state index contributed by atoms with van der Waals surface area (Å²) >= 11 is 0. The molecule has 2 aromatic heterocycles. The van der Waals surface area contributed by atoms with E-state index in [1.54, 1.807) is 0 Å². The second-order valence-electron chi connectivity index (χ2n) is 6.80. The molecule has 0 spiro atoms. The van der Waals surface area contributed by atoms with Gasteiger partial charge in [-0.1, -0.05) is 25.0 Å². The number of aliphatic hydroxyl groups is 3. The second-order valence-corrected chi connectivity index (χ2v) is 6.80. The highest BCUT2D eigenvalue weighted by atomic mass is 16.3. The minimum atomic E-state index is -0.134. The van der Waals surface area contributed by atoms with Gasteiger partial charge < -0.3 is 26.5 Å². The summed E-state index contributed by atoms with van der Waals surface area (Å²) in [5, 5.41) is 27.8. The van der Waals surface area contributed by atoms with E-state index in [1.165, 1.54) is 0 Å². The molecule has 0 atom stereocenters. The molecule has 0 fully saturated rings. The summed E-state index contributed by atoms with van der Waals surface area (Å²) in [6.45, 7) is -0.215. The molecule has 8 N–H and O–H groups in total. The second kappa shape index (κ2) is 11.6. The van der Waals surface area contributed by atoms with E-state index in [1.807, 2.05) is 18.2 Å². The molecular weight excluding hydrogens is 358 g/mol. The van der Waals surface area contributed by atoms with E-state index >= 15 is 0 Å². The van der Waals surface area contributed by atoms with Crippen LogP contribution < -0.4 is 17.0 Å². The largest absolute Gasteiger partial charge is 0.396 e.